The molecule has 0 saturated heterocycles. The maximum absolute atomic E-state index is 12.9. The lowest BCUT2D eigenvalue weighted by molar-refractivity contribution is -0.132. The second kappa shape index (κ2) is 12.6. The fraction of sp³-hybridized carbons (Fsp3) is 0.296. The molecule has 0 bridgehead atoms. The van der Waals surface area contributed by atoms with Crippen molar-refractivity contribution in [2.75, 3.05) is 7.11 Å². The van der Waals surface area contributed by atoms with Crippen LogP contribution in [0.4, 0.5) is 0 Å². The lowest BCUT2D eigenvalue weighted by Crippen LogP contribution is -2.49. The number of hydrazone groups is 1. The van der Waals surface area contributed by atoms with Crippen LogP contribution in [0.2, 0.25) is 10.0 Å². The molecule has 0 unspecified atom stereocenters. The maximum atomic E-state index is 12.9. The normalized spacial score (nSPS) is 13.0. The number of carbonyl (C=O) groups excluding carboxylic acids is 2. The van der Waals surface area contributed by atoms with Crippen LogP contribution in [0.1, 0.15) is 32.8 Å². The summed E-state index contributed by atoms with van der Waals surface area (Å²) in [7, 11) is 1.58. The lowest BCUT2D eigenvalue weighted by atomic mass is 10.0. The van der Waals surface area contributed by atoms with Gasteiger partial charge in [0.1, 0.15) is 17.5 Å². The van der Waals surface area contributed by atoms with Crippen molar-refractivity contribution < 1.29 is 19.1 Å². The van der Waals surface area contributed by atoms with E-state index in [1.807, 2.05) is 50.2 Å². The number of fused-ring (bicyclic) bond motifs is 1. The molecule has 0 fully saturated rings. The van der Waals surface area contributed by atoms with E-state index >= 15 is 0 Å². The molecule has 3 aromatic carbocycles. The van der Waals surface area contributed by atoms with Gasteiger partial charge in [-0.15, -0.1) is 0 Å². The van der Waals surface area contributed by atoms with Gasteiger partial charge in [0, 0.05) is 10.6 Å². The molecular formula is C27H29Cl2N3O4. The Bertz CT molecular complexity index is 1260. The molecule has 0 radical (unpaired) electrons. The zero-order valence-electron chi connectivity index (χ0n) is 20.5. The van der Waals surface area contributed by atoms with Crippen molar-refractivity contribution in [3.63, 3.8) is 0 Å². The number of carbonyl (C=O) groups is 2. The van der Waals surface area contributed by atoms with Crippen LogP contribution < -0.4 is 20.2 Å². The van der Waals surface area contributed by atoms with Crippen LogP contribution >= 0.6 is 23.2 Å². The molecular weight excluding hydrogens is 501 g/mol. The molecule has 0 aliphatic carbocycles. The fourth-order valence-corrected chi connectivity index (χ4v) is 4.08. The first-order chi connectivity index (χ1) is 17.2. The van der Waals surface area contributed by atoms with Crippen molar-refractivity contribution >= 4 is 52.0 Å². The summed E-state index contributed by atoms with van der Waals surface area (Å²) < 4.78 is 11.1. The van der Waals surface area contributed by atoms with Crippen LogP contribution in [0.15, 0.2) is 59.7 Å². The number of hydrogen-bond acceptors (Lipinski definition) is 5. The Morgan fingerprint density at radius 3 is 2.42 bits per heavy atom. The average Bonchev–Trinajstić information content (AvgIpc) is 2.84. The summed E-state index contributed by atoms with van der Waals surface area (Å²) in [6, 6.07) is 15.5. The molecule has 2 amide bonds. The van der Waals surface area contributed by atoms with E-state index in [2.05, 4.69) is 15.8 Å². The smallest absolute Gasteiger partial charge is 0.262 e. The van der Waals surface area contributed by atoms with Crippen LogP contribution in [0, 0.1) is 5.92 Å². The van der Waals surface area contributed by atoms with Crippen LogP contribution in [-0.4, -0.2) is 37.3 Å². The molecule has 190 valence electrons. The van der Waals surface area contributed by atoms with Gasteiger partial charge >= 0.3 is 0 Å². The van der Waals surface area contributed by atoms with Crippen LogP contribution in [0.25, 0.3) is 10.8 Å². The van der Waals surface area contributed by atoms with Crippen molar-refractivity contribution in [3.05, 3.63) is 70.2 Å². The van der Waals surface area contributed by atoms with Gasteiger partial charge in [0.15, 0.2) is 6.10 Å². The first-order valence-electron chi connectivity index (χ1n) is 11.5. The standard InChI is InChI=1S/C27H29Cl2N3O4/c1-16(2)13-23(31-26(33)17(3)36-25-12-10-19(28)14-22(25)29)27(34)32-30-15-21-20-8-6-5-7-18(20)9-11-24(21)35-4/h5-12,14-17,23H,13H2,1-4H3,(H,31,33)(H,32,34)/b30-15-/t17-,23-/m1/s1. The first kappa shape index (κ1) is 27.3. The minimum atomic E-state index is -0.894. The minimum Gasteiger partial charge on any atom is -0.496 e. The van der Waals surface area contributed by atoms with Gasteiger partial charge in [0.2, 0.25) is 0 Å². The Hall–Kier alpha value is -3.29. The van der Waals surface area contributed by atoms with Crippen LogP contribution in [0.5, 0.6) is 11.5 Å². The highest BCUT2D eigenvalue weighted by atomic mass is 35.5. The summed E-state index contributed by atoms with van der Waals surface area (Å²) in [6.45, 7) is 5.50. The minimum absolute atomic E-state index is 0.144. The van der Waals surface area contributed by atoms with Crippen molar-refractivity contribution in [2.45, 2.75) is 39.3 Å². The third kappa shape index (κ3) is 7.12. The summed E-state index contributed by atoms with van der Waals surface area (Å²) in [6.07, 6.45) is 1.07. The monoisotopic (exact) mass is 529 g/mol. The topological polar surface area (TPSA) is 89.0 Å². The van der Waals surface area contributed by atoms with Crippen LogP contribution in [-0.2, 0) is 9.59 Å². The van der Waals surface area contributed by atoms with Crippen molar-refractivity contribution in [3.8, 4) is 11.5 Å². The Labute approximate surface area is 220 Å². The number of nitrogens with zero attached hydrogens (tertiary/aromatic N) is 1. The van der Waals surface area contributed by atoms with E-state index in [0.717, 1.165) is 16.3 Å². The number of amides is 2. The van der Waals surface area contributed by atoms with Gasteiger partial charge in [-0.1, -0.05) is 67.4 Å². The maximum Gasteiger partial charge on any atom is 0.262 e. The number of rotatable bonds is 10. The second-order valence-electron chi connectivity index (χ2n) is 8.66. The Kier molecular flexibility index (Phi) is 9.56. The van der Waals surface area contributed by atoms with Gasteiger partial charge in [-0.05, 0) is 54.3 Å². The Morgan fingerprint density at radius 2 is 1.72 bits per heavy atom. The zero-order valence-corrected chi connectivity index (χ0v) is 22.1. The van der Waals surface area contributed by atoms with E-state index in [4.69, 9.17) is 32.7 Å². The average molecular weight is 530 g/mol. The van der Waals surface area contributed by atoms with E-state index in [0.29, 0.717) is 22.9 Å². The van der Waals surface area contributed by atoms with E-state index in [1.165, 1.54) is 6.07 Å². The molecule has 7 nitrogen and oxygen atoms in total. The van der Waals surface area contributed by atoms with Crippen LogP contribution in [0.3, 0.4) is 0 Å². The lowest BCUT2D eigenvalue weighted by Gasteiger charge is -2.22. The Morgan fingerprint density at radius 1 is 1.00 bits per heavy atom. The van der Waals surface area contributed by atoms with E-state index < -0.39 is 24.0 Å². The summed E-state index contributed by atoms with van der Waals surface area (Å²) in [5.41, 5.74) is 3.28. The van der Waals surface area contributed by atoms with E-state index in [-0.39, 0.29) is 10.9 Å². The van der Waals surface area contributed by atoms with Gasteiger partial charge in [0.25, 0.3) is 11.8 Å². The molecule has 9 heteroatoms. The molecule has 0 spiro atoms. The molecule has 2 N–H and O–H groups in total. The number of halogens is 2. The highest BCUT2D eigenvalue weighted by molar-refractivity contribution is 6.35. The third-order valence-electron chi connectivity index (χ3n) is 5.43. The first-order valence-corrected chi connectivity index (χ1v) is 12.3. The van der Waals surface area contributed by atoms with E-state index in [9.17, 15) is 9.59 Å². The summed E-state index contributed by atoms with van der Waals surface area (Å²) in [5, 5.41) is 9.61. The van der Waals surface area contributed by atoms with Gasteiger partial charge in [-0.3, -0.25) is 9.59 Å². The molecule has 0 heterocycles. The second-order valence-corrected chi connectivity index (χ2v) is 9.51. The number of hydrogen-bond donors (Lipinski definition) is 2. The zero-order chi connectivity index (χ0) is 26.2. The summed E-state index contributed by atoms with van der Waals surface area (Å²) in [4.78, 5) is 25.8. The number of methoxy groups -OCH3 is 1. The van der Waals surface area contributed by atoms with Crippen molar-refractivity contribution in [1.82, 2.24) is 10.7 Å². The molecule has 0 aromatic heterocycles. The van der Waals surface area contributed by atoms with E-state index in [1.54, 1.807) is 32.4 Å². The largest absolute Gasteiger partial charge is 0.496 e. The quantitative estimate of drug-likeness (QED) is 0.264. The van der Waals surface area contributed by atoms with Gasteiger partial charge in [-0.25, -0.2) is 5.43 Å². The van der Waals surface area contributed by atoms with Gasteiger partial charge in [-0.2, -0.15) is 5.10 Å². The van der Waals surface area contributed by atoms with Gasteiger partial charge in [0.05, 0.1) is 18.3 Å². The molecule has 0 aliphatic rings. The molecule has 3 rings (SSSR count). The predicted molar refractivity (Wildman–Crippen MR) is 144 cm³/mol. The number of ether oxygens (including phenoxy) is 2. The Balaban J connectivity index is 1.70. The number of nitrogens with one attached hydrogen (secondary N) is 2. The van der Waals surface area contributed by atoms with Gasteiger partial charge < -0.3 is 14.8 Å². The highest BCUT2D eigenvalue weighted by Crippen LogP contribution is 2.28. The highest BCUT2D eigenvalue weighted by Gasteiger charge is 2.25. The molecule has 0 aliphatic heterocycles. The number of benzene rings is 3. The predicted octanol–water partition coefficient (Wildman–Crippen LogP) is 5.60. The SMILES string of the molecule is COc1ccc2ccccc2c1/C=N\NC(=O)[C@@H](CC(C)C)NC(=O)[C@@H](C)Oc1ccc(Cl)cc1Cl. The van der Waals surface area contributed by atoms with Crippen molar-refractivity contribution in [1.29, 1.82) is 0 Å². The molecule has 3 aromatic rings. The summed E-state index contributed by atoms with van der Waals surface area (Å²) in [5.74, 6) is 0.198. The third-order valence-corrected chi connectivity index (χ3v) is 5.96. The van der Waals surface area contributed by atoms with Crippen molar-refractivity contribution in [2.24, 2.45) is 11.0 Å². The molecule has 2 atom stereocenters. The molecule has 36 heavy (non-hydrogen) atoms. The fourth-order valence-electron chi connectivity index (χ4n) is 3.63. The summed E-state index contributed by atoms with van der Waals surface area (Å²) >= 11 is 12.1. The molecule has 0 saturated carbocycles.